The van der Waals surface area contributed by atoms with Gasteiger partial charge in [-0.2, -0.15) is 0 Å². The molecule has 0 fully saturated rings. The first-order chi connectivity index (χ1) is 8.70. The summed E-state index contributed by atoms with van der Waals surface area (Å²) >= 11 is 6.19. The fraction of sp³-hybridized carbons (Fsp3) is 0.467. The molecule has 1 aliphatic rings. The third-order valence-corrected chi connectivity index (χ3v) is 3.67. The van der Waals surface area contributed by atoms with Gasteiger partial charge in [0.2, 0.25) is 0 Å². The van der Waals surface area contributed by atoms with Gasteiger partial charge in [0, 0.05) is 0 Å². The Bertz CT molecular complexity index is 442. The van der Waals surface area contributed by atoms with Crippen molar-refractivity contribution in [1.29, 1.82) is 0 Å². The lowest BCUT2D eigenvalue weighted by atomic mass is 10.0. The Labute approximate surface area is 113 Å². The highest BCUT2D eigenvalue weighted by Gasteiger charge is 2.13. The highest BCUT2D eigenvalue weighted by atomic mass is 35.5. The molecule has 1 aliphatic carbocycles. The molecule has 18 heavy (non-hydrogen) atoms. The van der Waals surface area contributed by atoms with Crippen LogP contribution in [0, 0.1) is 5.82 Å². The Balaban J connectivity index is 2.18. The number of benzene rings is 1. The van der Waals surface area contributed by atoms with Crippen LogP contribution in [-0.2, 0) is 6.42 Å². The van der Waals surface area contributed by atoms with Gasteiger partial charge in [-0.15, -0.1) is 11.6 Å². The molecule has 0 saturated heterocycles. The van der Waals surface area contributed by atoms with Crippen LogP contribution in [0.5, 0.6) is 5.75 Å². The molecule has 0 saturated carbocycles. The van der Waals surface area contributed by atoms with Gasteiger partial charge in [-0.25, -0.2) is 4.39 Å². The maximum atomic E-state index is 14.0. The second-order valence-electron chi connectivity index (χ2n) is 4.70. The molecule has 0 heterocycles. The smallest absolute Gasteiger partial charge is 0.168 e. The fourth-order valence-corrected chi connectivity index (χ4v) is 2.69. The number of hydrogen-bond donors (Lipinski definition) is 0. The highest BCUT2D eigenvalue weighted by molar-refractivity contribution is 6.21. The van der Waals surface area contributed by atoms with E-state index < -0.39 is 0 Å². The van der Waals surface area contributed by atoms with Crippen LogP contribution >= 0.6 is 11.6 Å². The molecule has 0 radical (unpaired) electrons. The predicted octanol–water partition coefficient (Wildman–Crippen LogP) is 4.48. The first kappa shape index (κ1) is 13.4. The molecule has 1 aromatic carbocycles. The monoisotopic (exact) mass is 268 g/mol. The number of allylic oxidation sites excluding steroid dienone is 2. The van der Waals surface area contributed by atoms with Crippen molar-refractivity contribution >= 4 is 11.6 Å². The van der Waals surface area contributed by atoms with E-state index in [0.717, 1.165) is 25.7 Å². The minimum atomic E-state index is -0.253. The minimum absolute atomic E-state index is 0.0937. The van der Waals surface area contributed by atoms with Crippen molar-refractivity contribution in [3.8, 4) is 5.75 Å². The van der Waals surface area contributed by atoms with Gasteiger partial charge in [-0.3, -0.25) is 0 Å². The number of rotatable bonds is 3. The van der Waals surface area contributed by atoms with Crippen molar-refractivity contribution in [3.63, 3.8) is 0 Å². The van der Waals surface area contributed by atoms with Crippen LogP contribution in [0.4, 0.5) is 4.39 Å². The topological polar surface area (TPSA) is 9.23 Å². The van der Waals surface area contributed by atoms with E-state index in [-0.39, 0.29) is 11.2 Å². The van der Waals surface area contributed by atoms with E-state index in [1.807, 2.05) is 12.1 Å². The van der Waals surface area contributed by atoms with Crippen LogP contribution in [0.25, 0.3) is 0 Å². The Morgan fingerprint density at radius 3 is 3.00 bits per heavy atom. The maximum absolute atomic E-state index is 14.0. The average molecular weight is 269 g/mol. The Morgan fingerprint density at radius 1 is 1.39 bits per heavy atom. The maximum Gasteiger partial charge on any atom is 0.168 e. The second-order valence-corrected chi connectivity index (χ2v) is 5.26. The second kappa shape index (κ2) is 6.24. The van der Waals surface area contributed by atoms with E-state index in [1.165, 1.54) is 12.7 Å². The third-order valence-electron chi connectivity index (χ3n) is 3.33. The average Bonchev–Trinajstić information content (AvgIpc) is 2.56. The Morgan fingerprint density at radius 2 is 2.22 bits per heavy atom. The van der Waals surface area contributed by atoms with Crippen LogP contribution < -0.4 is 4.74 Å². The van der Waals surface area contributed by atoms with E-state index in [2.05, 4.69) is 6.08 Å². The molecule has 98 valence electrons. The van der Waals surface area contributed by atoms with Gasteiger partial charge in [0.15, 0.2) is 11.6 Å². The molecule has 0 amide bonds. The number of halogens is 2. The summed E-state index contributed by atoms with van der Waals surface area (Å²) in [6.07, 6.45) is 7.04. The molecule has 2 rings (SSSR count). The van der Waals surface area contributed by atoms with Crippen LogP contribution in [0.1, 0.15) is 31.2 Å². The van der Waals surface area contributed by atoms with Crippen molar-refractivity contribution in [2.45, 2.75) is 37.5 Å². The van der Waals surface area contributed by atoms with Crippen LogP contribution in [0.3, 0.4) is 0 Å². The summed E-state index contributed by atoms with van der Waals surface area (Å²) in [5.41, 5.74) is 1.92. The molecule has 0 aliphatic heterocycles. The standard InChI is InChI=1S/C15H18ClFO/c1-18-14-8-4-6-12(15(14)17)9-11-5-2-3-7-13(16)10-11/h4,6,8,10,13H,2-3,5,7,9H2,1H3. The summed E-state index contributed by atoms with van der Waals surface area (Å²) in [6, 6.07) is 5.28. The summed E-state index contributed by atoms with van der Waals surface area (Å²) in [7, 11) is 1.49. The van der Waals surface area contributed by atoms with Gasteiger partial charge in [0.05, 0.1) is 12.5 Å². The van der Waals surface area contributed by atoms with Crippen LogP contribution in [-0.4, -0.2) is 12.5 Å². The lowest BCUT2D eigenvalue weighted by Crippen LogP contribution is -1.98. The van der Waals surface area contributed by atoms with E-state index >= 15 is 0 Å². The number of ether oxygens (including phenoxy) is 1. The van der Waals surface area contributed by atoms with Gasteiger partial charge >= 0.3 is 0 Å². The van der Waals surface area contributed by atoms with E-state index in [1.54, 1.807) is 6.07 Å². The Kier molecular flexibility index (Phi) is 4.65. The highest BCUT2D eigenvalue weighted by Crippen LogP contribution is 2.27. The molecule has 0 spiro atoms. The van der Waals surface area contributed by atoms with Gasteiger partial charge in [-0.05, 0) is 37.3 Å². The van der Waals surface area contributed by atoms with Crippen molar-refractivity contribution in [2.24, 2.45) is 0 Å². The lowest BCUT2D eigenvalue weighted by molar-refractivity contribution is 0.384. The quantitative estimate of drug-likeness (QED) is 0.580. The van der Waals surface area contributed by atoms with Gasteiger partial charge in [0.25, 0.3) is 0 Å². The fourth-order valence-electron chi connectivity index (χ4n) is 2.36. The normalized spacial score (nSPS) is 20.2. The molecule has 0 N–H and O–H groups in total. The third kappa shape index (κ3) is 3.26. The first-order valence-electron chi connectivity index (χ1n) is 6.35. The summed E-state index contributed by atoms with van der Waals surface area (Å²) in [5, 5.41) is 0.0937. The summed E-state index contributed by atoms with van der Waals surface area (Å²) in [4.78, 5) is 0. The van der Waals surface area contributed by atoms with E-state index in [0.29, 0.717) is 17.7 Å². The predicted molar refractivity (Wildman–Crippen MR) is 72.8 cm³/mol. The SMILES string of the molecule is COc1cccc(CC2=CC(Cl)CCCC2)c1F. The van der Waals surface area contributed by atoms with Crippen molar-refractivity contribution in [1.82, 2.24) is 0 Å². The van der Waals surface area contributed by atoms with Gasteiger partial charge < -0.3 is 4.74 Å². The van der Waals surface area contributed by atoms with Crippen LogP contribution in [0.2, 0.25) is 0 Å². The molecular formula is C15H18ClFO. The number of methoxy groups -OCH3 is 1. The molecule has 0 aromatic heterocycles. The molecule has 1 aromatic rings. The van der Waals surface area contributed by atoms with E-state index in [9.17, 15) is 4.39 Å². The summed E-state index contributed by atoms with van der Waals surface area (Å²) < 4.78 is 19.0. The summed E-state index contributed by atoms with van der Waals surface area (Å²) in [5.74, 6) is 0.0559. The van der Waals surface area contributed by atoms with Gasteiger partial charge in [-0.1, -0.05) is 30.2 Å². The summed E-state index contributed by atoms with van der Waals surface area (Å²) in [6.45, 7) is 0. The zero-order valence-corrected chi connectivity index (χ0v) is 11.3. The lowest BCUT2D eigenvalue weighted by Gasteiger charge is -2.10. The zero-order chi connectivity index (χ0) is 13.0. The first-order valence-corrected chi connectivity index (χ1v) is 6.79. The number of alkyl halides is 1. The van der Waals surface area contributed by atoms with Crippen LogP contribution in [0.15, 0.2) is 29.8 Å². The molecule has 3 heteroatoms. The Hall–Kier alpha value is -1.02. The van der Waals surface area contributed by atoms with E-state index in [4.69, 9.17) is 16.3 Å². The van der Waals surface area contributed by atoms with Crippen molar-refractivity contribution in [2.75, 3.05) is 7.11 Å². The van der Waals surface area contributed by atoms with Gasteiger partial charge in [0.1, 0.15) is 0 Å². The molecule has 1 nitrogen and oxygen atoms in total. The number of hydrogen-bond acceptors (Lipinski definition) is 1. The largest absolute Gasteiger partial charge is 0.494 e. The molecule has 1 unspecified atom stereocenters. The minimum Gasteiger partial charge on any atom is -0.494 e. The van der Waals surface area contributed by atoms with Crippen molar-refractivity contribution < 1.29 is 9.13 Å². The molecular weight excluding hydrogens is 251 g/mol. The molecule has 0 bridgehead atoms. The zero-order valence-electron chi connectivity index (χ0n) is 10.6. The van der Waals surface area contributed by atoms with Crippen molar-refractivity contribution in [3.05, 3.63) is 41.2 Å². The molecule has 1 atom stereocenters.